The Labute approximate surface area is 146 Å². The number of nitrogens with zero attached hydrogens (tertiary/aromatic N) is 1. The van der Waals surface area contributed by atoms with Crippen LogP contribution in [0.15, 0.2) is 23.4 Å². The molecule has 1 rings (SSSR count). The van der Waals surface area contributed by atoms with Crippen LogP contribution in [0.25, 0.3) is 0 Å². The Morgan fingerprint density at radius 2 is 1.54 bits per heavy atom. The topological polar surface area (TPSA) is 62.0 Å². The lowest BCUT2D eigenvalue weighted by Gasteiger charge is -2.09. The average molecular weight is 335 g/mol. The zero-order chi connectivity index (χ0) is 17.6. The fraction of sp³-hybridized carbons (Fsp3) is 0.650. The molecule has 136 valence electrons. The maximum absolute atomic E-state index is 9.90. The molecule has 1 aromatic rings. The largest absolute Gasteiger partial charge is 0.507 e. The van der Waals surface area contributed by atoms with Crippen LogP contribution in [0.2, 0.25) is 0 Å². The molecule has 2 N–H and O–H groups in total. The van der Waals surface area contributed by atoms with Crippen LogP contribution in [0.5, 0.6) is 11.5 Å². The molecule has 24 heavy (non-hydrogen) atoms. The van der Waals surface area contributed by atoms with Crippen molar-refractivity contribution in [1.82, 2.24) is 0 Å². The summed E-state index contributed by atoms with van der Waals surface area (Å²) in [4.78, 5) is 0. The number of hydrogen-bond acceptors (Lipinski definition) is 4. The van der Waals surface area contributed by atoms with Crippen LogP contribution in [0.3, 0.4) is 0 Å². The number of phenolic OH excluding ortho intramolecular Hbond substituents is 1. The first kappa shape index (κ1) is 20.3. The summed E-state index contributed by atoms with van der Waals surface area (Å²) < 4.78 is 5.66. The molecule has 0 radical (unpaired) electrons. The van der Waals surface area contributed by atoms with Crippen LogP contribution in [0.4, 0.5) is 0 Å². The van der Waals surface area contributed by atoms with Crippen molar-refractivity contribution in [3.05, 3.63) is 23.8 Å². The van der Waals surface area contributed by atoms with Gasteiger partial charge in [0.2, 0.25) is 0 Å². The molecule has 0 saturated heterocycles. The summed E-state index contributed by atoms with van der Waals surface area (Å²) >= 11 is 0. The van der Waals surface area contributed by atoms with Crippen LogP contribution >= 0.6 is 0 Å². The highest BCUT2D eigenvalue weighted by molar-refractivity contribution is 6.00. The molecule has 0 unspecified atom stereocenters. The van der Waals surface area contributed by atoms with Crippen molar-refractivity contribution in [3.63, 3.8) is 0 Å². The van der Waals surface area contributed by atoms with Crippen molar-refractivity contribution >= 4 is 5.71 Å². The van der Waals surface area contributed by atoms with E-state index in [1.165, 1.54) is 57.8 Å². The SMILES string of the molecule is CCCCCCCCCCCCOc1ccc(C(C)=NO)c(O)c1. The second kappa shape index (κ2) is 12.7. The number of unbranched alkanes of at least 4 members (excludes halogenated alkanes) is 9. The van der Waals surface area contributed by atoms with Crippen molar-refractivity contribution in [3.8, 4) is 11.5 Å². The highest BCUT2D eigenvalue weighted by Crippen LogP contribution is 2.24. The average Bonchev–Trinajstić information content (AvgIpc) is 2.59. The summed E-state index contributed by atoms with van der Waals surface area (Å²) in [6.07, 6.45) is 13.0. The number of aromatic hydroxyl groups is 1. The molecule has 0 atom stereocenters. The summed E-state index contributed by atoms with van der Waals surface area (Å²) in [5.41, 5.74) is 0.900. The molecule has 1 aromatic carbocycles. The van der Waals surface area contributed by atoms with Crippen LogP contribution in [-0.2, 0) is 0 Å². The molecule has 0 bridgehead atoms. The van der Waals surface area contributed by atoms with Gasteiger partial charge < -0.3 is 15.1 Å². The van der Waals surface area contributed by atoms with Gasteiger partial charge in [0.05, 0.1) is 12.3 Å². The Morgan fingerprint density at radius 3 is 2.08 bits per heavy atom. The molecule has 0 fully saturated rings. The predicted molar refractivity (Wildman–Crippen MR) is 99.4 cm³/mol. The Bertz CT molecular complexity index is 486. The van der Waals surface area contributed by atoms with E-state index in [4.69, 9.17) is 9.94 Å². The molecule has 0 aliphatic heterocycles. The quantitative estimate of drug-likeness (QED) is 0.204. The summed E-state index contributed by atoms with van der Waals surface area (Å²) in [7, 11) is 0. The van der Waals surface area contributed by atoms with Crippen molar-refractivity contribution in [2.45, 2.75) is 78.1 Å². The highest BCUT2D eigenvalue weighted by atomic mass is 16.5. The van der Waals surface area contributed by atoms with Gasteiger partial charge in [0.25, 0.3) is 0 Å². The summed E-state index contributed by atoms with van der Waals surface area (Å²) in [6.45, 7) is 4.56. The van der Waals surface area contributed by atoms with E-state index in [2.05, 4.69) is 12.1 Å². The molecule has 0 aliphatic carbocycles. The summed E-state index contributed by atoms with van der Waals surface area (Å²) in [5, 5.41) is 21.7. The van der Waals surface area contributed by atoms with Crippen LogP contribution in [0.1, 0.15) is 83.6 Å². The molecule has 4 nitrogen and oxygen atoms in total. The first-order valence-electron chi connectivity index (χ1n) is 9.34. The van der Waals surface area contributed by atoms with Gasteiger partial charge in [-0.3, -0.25) is 0 Å². The number of phenols is 1. The van der Waals surface area contributed by atoms with Crippen LogP contribution < -0.4 is 4.74 Å². The van der Waals surface area contributed by atoms with E-state index in [-0.39, 0.29) is 5.75 Å². The summed E-state index contributed by atoms with van der Waals surface area (Å²) in [6, 6.07) is 5.07. The van der Waals surface area contributed by atoms with Crippen molar-refractivity contribution < 1.29 is 15.1 Å². The number of rotatable bonds is 13. The van der Waals surface area contributed by atoms with Crippen molar-refractivity contribution in [2.24, 2.45) is 5.16 Å². The minimum absolute atomic E-state index is 0.0749. The Hall–Kier alpha value is -1.71. The second-order valence-corrected chi connectivity index (χ2v) is 6.39. The smallest absolute Gasteiger partial charge is 0.128 e. The van der Waals surface area contributed by atoms with Gasteiger partial charge in [-0.15, -0.1) is 0 Å². The highest BCUT2D eigenvalue weighted by Gasteiger charge is 2.06. The maximum atomic E-state index is 9.90. The minimum Gasteiger partial charge on any atom is -0.507 e. The third kappa shape index (κ3) is 8.23. The van der Waals surface area contributed by atoms with E-state index >= 15 is 0 Å². The van der Waals surface area contributed by atoms with E-state index in [9.17, 15) is 5.11 Å². The minimum atomic E-state index is 0.0749. The Balaban J connectivity index is 2.08. The zero-order valence-corrected chi connectivity index (χ0v) is 15.3. The fourth-order valence-electron chi connectivity index (χ4n) is 2.74. The normalized spacial score (nSPS) is 11.7. The fourth-order valence-corrected chi connectivity index (χ4v) is 2.74. The van der Waals surface area contributed by atoms with E-state index < -0.39 is 0 Å². The Morgan fingerprint density at radius 1 is 0.958 bits per heavy atom. The first-order chi connectivity index (χ1) is 11.7. The first-order valence-corrected chi connectivity index (χ1v) is 9.34. The van der Waals surface area contributed by atoms with Crippen molar-refractivity contribution in [1.29, 1.82) is 0 Å². The van der Waals surface area contributed by atoms with Gasteiger partial charge in [-0.2, -0.15) is 0 Å². The summed E-state index contributed by atoms with van der Waals surface area (Å²) in [5.74, 6) is 0.726. The number of benzene rings is 1. The van der Waals surface area contributed by atoms with Gasteiger partial charge in [-0.1, -0.05) is 69.9 Å². The predicted octanol–water partition coefficient (Wildman–Crippen LogP) is 5.89. The molecular formula is C20H33NO3. The van der Waals surface area contributed by atoms with Gasteiger partial charge >= 0.3 is 0 Å². The van der Waals surface area contributed by atoms with E-state index in [0.717, 1.165) is 6.42 Å². The van der Waals surface area contributed by atoms with Gasteiger partial charge in [-0.05, 0) is 25.5 Å². The molecular weight excluding hydrogens is 302 g/mol. The lowest BCUT2D eigenvalue weighted by atomic mass is 10.1. The van der Waals surface area contributed by atoms with E-state index in [1.807, 2.05) is 0 Å². The van der Waals surface area contributed by atoms with E-state index in [1.54, 1.807) is 25.1 Å². The van der Waals surface area contributed by atoms with Crippen LogP contribution in [-0.4, -0.2) is 22.6 Å². The van der Waals surface area contributed by atoms with Crippen molar-refractivity contribution in [2.75, 3.05) is 6.61 Å². The van der Waals surface area contributed by atoms with Gasteiger partial charge in [0, 0.05) is 11.6 Å². The number of hydrogen-bond donors (Lipinski definition) is 2. The van der Waals surface area contributed by atoms with Gasteiger partial charge in [-0.25, -0.2) is 0 Å². The molecule has 0 spiro atoms. The molecule has 0 amide bonds. The molecule has 4 heteroatoms. The second-order valence-electron chi connectivity index (χ2n) is 6.39. The lowest BCUT2D eigenvalue weighted by molar-refractivity contribution is 0.302. The molecule has 0 aromatic heterocycles. The standard InChI is InChI=1S/C20H33NO3/c1-3-4-5-6-7-8-9-10-11-12-15-24-18-13-14-19(17(2)21-23)20(22)16-18/h13-14,16,22-23H,3-12,15H2,1-2H3. The Kier molecular flexibility index (Phi) is 10.7. The monoisotopic (exact) mass is 335 g/mol. The number of ether oxygens (including phenoxy) is 1. The zero-order valence-electron chi connectivity index (χ0n) is 15.3. The third-order valence-electron chi connectivity index (χ3n) is 4.28. The third-order valence-corrected chi connectivity index (χ3v) is 4.28. The number of oxime groups is 1. The van der Waals surface area contributed by atoms with Crippen LogP contribution in [0, 0.1) is 0 Å². The van der Waals surface area contributed by atoms with Gasteiger partial charge in [0.1, 0.15) is 11.5 Å². The molecule has 0 aliphatic rings. The lowest BCUT2D eigenvalue weighted by Crippen LogP contribution is -1.99. The molecule has 0 heterocycles. The molecule has 0 saturated carbocycles. The maximum Gasteiger partial charge on any atom is 0.128 e. The van der Waals surface area contributed by atoms with Gasteiger partial charge in [0.15, 0.2) is 0 Å². The van der Waals surface area contributed by atoms with E-state index in [0.29, 0.717) is 23.6 Å².